The van der Waals surface area contributed by atoms with Crippen molar-refractivity contribution < 1.29 is 0 Å². The third-order valence-electron chi connectivity index (χ3n) is 15.3. The zero-order valence-corrected chi connectivity index (χ0v) is 56.1. The minimum absolute atomic E-state index is 0. The molecule has 15 aromatic rings. The zero-order valence-electron chi connectivity index (χ0n) is 50.8. The second kappa shape index (κ2) is 29.6. The molecule has 0 saturated carbocycles. The van der Waals surface area contributed by atoms with Crippen LogP contribution in [0.15, 0.2) is 216 Å². The summed E-state index contributed by atoms with van der Waals surface area (Å²) in [5, 5.41) is 12.4. The molecular weight excluding hydrogens is 1400 g/mol. The number of hydrogen-bond acceptors (Lipinski definition) is 15. The van der Waals surface area contributed by atoms with Crippen LogP contribution in [0, 0.1) is 0 Å². The molecule has 3 atom stereocenters. The summed E-state index contributed by atoms with van der Waals surface area (Å²) in [6.07, 6.45) is 9.32. The highest BCUT2D eigenvalue weighted by Crippen LogP contribution is 2.31. The van der Waals surface area contributed by atoms with Gasteiger partial charge in [-0.2, -0.15) is 0 Å². The molecule has 0 aliphatic heterocycles. The number of halogens is 5. The number of nitrogens with one attached hydrogen (secondary N) is 3. The number of benzene rings is 6. The van der Waals surface area contributed by atoms with E-state index in [-0.39, 0.29) is 66.2 Å². The van der Waals surface area contributed by atoms with Gasteiger partial charge in [0.25, 0.3) is 16.7 Å². The second-order valence-corrected chi connectivity index (χ2v) is 23.1. The van der Waals surface area contributed by atoms with Gasteiger partial charge in [0.15, 0.2) is 33.7 Å². The monoisotopic (exact) mass is 1460 g/mol. The SMILES string of the molecule is C.C[C@H](N)c1cc2cccc(Cl)c2c(=O)n1-c1ccccc1.C[C@H](Nc1ncnc2c1ncn2C)c1cc2cccc(Cl)c2c(=O)n1-c1ccccc1.C[C@H](Nc1ncnc2nc[nH]c12)c1cc2cccc(Cl)c2c(=O)n1-c1ccccc1.Cn1cnc2c(Cl)ncnc21.I. The van der Waals surface area contributed by atoms with Crippen LogP contribution >= 0.6 is 70.4 Å². The van der Waals surface area contributed by atoms with Gasteiger partial charge in [-0.25, -0.2) is 44.9 Å². The molecule has 21 nitrogen and oxygen atoms in total. The number of para-hydroxylation sites is 3. The van der Waals surface area contributed by atoms with Crippen molar-refractivity contribution in [2.75, 3.05) is 10.6 Å². The van der Waals surface area contributed by atoms with Crippen molar-refractivity contribution in [2.24, 2.45) is 19.8 Å². The Bertz CT molecular complexity index is 5440. The molecule has 95 heavy (non-hydrogen) atoms. The first-order valence-electron chi connectivity index (χ1n) is 29.1. The Labute approximate surface area is 580 Å². The van der Waals surface area contributed by atoms with Crippen molar-refractivity contribution in [1.29, 1.82) is 0 Å². The molecule has 0 saturated heterocycles. The predicted octanol–water partition coefficient (Wildman–Crippen LogP) is 14.9. The molecule has 0 radical (unpaired) electrons. The fourth-order valence-corrected chi connectivity index (χ4v) is 11.9. The first-order chi connectivity index (χ1) is 45.1. The third-order valence-corrected chi connectivity index (χ3v) is 16.6. The number of H-pyrrole nitrogens is 1. The lowest BCUT2D eigenvalue weighted by Crippen LogP contribution is -2.25. The second-order valence-electron chi connectivity index (χ2n) is 21.5. The molecule has 6 aromatic carbocycles. The summed E-state index contributed by atoms with van der Waals surface area (Å²) in [5.74, 6) is 1.22. The lowest BCUT2D eigenvalue weighted by atomic mass is 10.1. The third kappa shape index (κ3) is 13.9. The summed E-state index contributed by atoms with van der Waals surface area (Å²) >= 11 is 24.7. The fraction of sp³-hybridized carbons (Fsp3) is 0.130. The maximum absolute atomic E-state index is 13.6. The van der Waals surface area contributed by atoms with Gasteiger partial charge in [-0.05, 0) is 110 Å². The molecule has 0 unspecified atom stereocenters. The van der Waals surface area contributed by atoms with E-state index in [2.05, 4.69) is 60.5 Å². The fourth-order valence-electron chi connectivity index (χ4n) is 10.9. The number of hydrogen-bond donors (Lipinski definition) is 4. The van der Waals surface area contributed by atoms with Crippen LogP contribution in [-0.4, -0.2) is 72.7 Å². The summed E-state index contributed by atoms with van der Waals surface area (Å²) in [6.45, 7) is 5.83. The van der Waals surface area contributed by atoms with Crippen LogP contribution in [0.3, 0.4) is 0 Å². The number of nitrogens with two attached hydrogens (primary N) is 1. The number of nitrogens with zero attached hydrogens (tertiary/aromatic N) is 14. The molecule has 480 valence electrons. The number of rotatable bonds is 10. The van der Waals surface area contributed by atoms with E-state index in [4.69, 9.17) is 52.1 Å². The highest BCUT2D eigenvalue weighted by Gasteiger charge is 2.22. The summed E-state index contributed by atoms with van der Waals surface area (Å²) in [7, 11) is 3.74. The molecule has 0 amide bonds. The minimum atomic E-state index is -0.263. The van der Waals surface area contributed by atoms with Crippen LogP contribution in [0.1, 0.15) is 63.4 Å². The molecule has 5 N–H and O–H groups in total. The van der Waals surface area contributed by atoms with Crippen LogP contribution in [0.4, 0.5) is 11.6 Å². The summed E-state index contributed by atoms with van der Waals surface area (Å²) in [5.41, 5.74) is 14.3. The van der Waals surface area contributed by atoms with Gasteiger partial charge in [-0.15, -0.1) is 24.0 Å². The number of aromatic amines is 1. The number of anilines is 2. The first-order valence-corrected chi connectivity index (χ1v) is 30.6. The molecule has 9 heterocycles. The molecule has 0 spiro atoms. The van der Waals surface area contributed by atoms with E-state index in [1.165, 1.54) is 19.0 Å². The molecule has 0 aliphatic carbocycles. The van der Waals surface area contributed by atoms with Crippen molar-refractivity contribution in [2.45, 2.75) is 46.3 Å². The molecule has 15 rings (SSSR count). The standard InChI is InChI=1S/C23H19ClN6O.C22H17ClN6O.C17H15ClN2O.C6H5ClN4.CH4.HI/c1-14(28-21-20-22(26-12-25-21)29(2)13-27-20)18-11-15-7-6-10-17(24)19(15)23(31)30(18)16-8-4-3-5-9-16;1-13(28-21-19-20(25-11-24-19)26-12-27-21)17-10-14-6-5-9-16(23)18(14)22(30)29(17)15-7-3-2-4-8-15;1-11(19)15-10-12-6-5-9-14(18)16(12)17(21)20(15)13-7-3-2-4-8-13;1-11-3-10-4-5(7)8-2-9-6(4)11;;/h3-14H,1-2H3,(H,25,26,28);2-13H,1H3,(H2,24,25,26,27,28);2-11H,19H2,1H3;2-3H,1H3;1H4;1H/t14-;13-;11-;;;/m000.../s1. The first kappa shape index (κ1) is 67.9. The summed E-state index contributed by atoms with van der Waals surface area (Å²) in [4.78, 5) is 80.6. The van der Waals surface area contributed by atoms with E-state index >= 15 is 0 Å². The van der Waals surface area contributed by atoms with Crippen molar-refractivity contribution in [1.82, 2.24) is 72.7 Å². The van der Waals surface area contributed by atoms with E-state index in [0.717, 1.165) is 61.6 Å². The smallest absolute Gasteiger partial charge is 0.264 e. The van der Waals surface area contributed by atoms with Gasteiger partial charge < -0.3 is 30.5 Å². The molecule has 0 aliphatic rings. The average molecular weight is 1460 g/mol. The van der Waals surface area contributed by atoms with Crippen molar-refractivity contribution in [3.63, 3.8) is 0 Å². The molecule has 26 heteroatoms. The van der Waals surface area contributed by atoms with E-state index in [1.807, 2.05) is 185 Å². The van der Waals surface area contributed by atoms with Gasteiger partial charge in [0, 0.05) is 54.3 Å². The van der Waals surface area contributed by atoms with Crippen molar-refractivity contribution in [3.05, 3.63) is 270 Å². The Morgan fingerprint density at radius 3 is 1.29 bits per heavy atom. The molecule has 9 aromatic heterocycles. The largest absolute Gasteiger partial charge is 0.360 e. The van der Waals surface area contributed by atoms with Gasteiger partial charge in [-0.3, -0.25) is 28.1 Å². The number of fused-ring (bicyclic) bond motifs is 6. The number of pyridine rings is 3. The Balaban J connectivity index is 0.000000144. The van der Waals surface area contributed by atoms with Crippen LogP contribution in [-0.2, 0) is 14.1 Å². The predicted molar refractivity (Wildman–Crippen MR) is 392 cm³/mol. The Kier molecular flexibility index (Phi) is 21.1. The van der Waals surface area contributed by atoms with Gasteiger partial charge in [0.1, 0.15) is 35.5 Å². The highest BCUT2D eigenvalue weighted by atomic mass is 127. The van der Waals surface area contributed by atoms with Crippen LogP contribution in [0.2, 0.25) is 20.2 Å². The van der Waals surface area contributed by atoms with Crippen molar-refractivity contribution >= 4 is 148 Å². The Morgan fingerprint density at radius 2 is 0.842 bits per heavy atom. The van der Waals surface area contributed by atoms with E-state index in [0.29, 0.717) is 70.2 Å². The van der Waals surface area contributed by atoms with Gasteiger partial charge in [0.05, 0.1) is 62.3 Å². The Hall–Kier alpha value is -9.95. The van der Waals surface area contributed by atoms with Gasteiger partial charge in [-0.1, -0.05) is 145 Å². The number of aromatic nitrogens is 15. The normalized spacial score (nSPS) is 11.9. The maximum Gasteiger partial charge on any atom is 0.264 e. The Morgan fingerprint density at radius 1 is 0.453 bits per heavy atom. The molecule has 0 fully saturated rings. The summed E-state index contributed by atoms with van der Waals surface area (Å²) < 4.78 is 8.66. The summed E-state index contributed by atoms with van der Waals surface area (Å²) in [6, 6.07) is 50.1. The lowest BCUT2D eigenvalue weighted by Gasteiger charge is -2.21. The topological polar surface area (TPSA) is 258 Å². The van der Waals surface area contributed by atoms with Gasteiger partial charge in [0.2, 0.25) is 0 Å². The zero-order chi connectivity index (χ0) is 65.0. The van der Waals surface area contributed by atoms with E-state index in [1.54, 1.807) is 55.4 Å². The molecule has 0 bridgehead atoms. The number of imidazole rings is 3. The molecular formula is C69H61Cl4IN18O3. The quantitative estimate of drug-likeness (QED) is 0.0733. The van der Waals surface area contributed by atoms with Crippen LogP contribution in [0.25, 0.3) is 82.9 Å². The van der Waals surface area contributed by atoms with E-state index < -0.39 is 0 Å². The lowest BCUT2D eigenvalue weighted by molar-refractivity contribution is 0.734. The van der Waals surface area contributed by atoms with Crippen LogP contribution in [0.5, 0.6) is 0 Å². The van der Waals surface area contributed by atoms with Gasteiger partial charge >= 0.3 is 0 Å². The maximum atomic E-state index is 13.6. The minimum Gasteiger partial charge on any atom is -0.360 e. The van der Waals surface area contributed by atoms with Crippen molar-refractivity contribution in [3.8, 4) is 17.1 Å². The number of aryl methyl sites for hydroxylation is 2. The highest BCUT2D eigenvalue weighted by molar-refractivity contribution is 14.0. The van der Waals surface area contributed by atoms with E-state index in [9.17, 15) is 14.4 Å². The van der Waals surface area contributed by atoms with Crippen LogP contribution < -0.4 is 33.0 Å². The average Bonchev–Trinajstić information content (AvgIpc) is 1.61.